The first-order valence-corrected chi connectivity index (χ1v) is 6.28. The Morgan fingerprint density at radius 1 is 1.56 bits per heavy atom. The molecule has 0 aliphatic carbocycles. The minimum Gasteiger partial charge on any atom is -0.297 e. The minimum absolute atomic E-state index is 0.131. The van der Waals surface area contributed by atoms with Gasteiger partial charge in [-0.05, 0) is 22.6 Å². The van der Waals surface area contributed by atoms with Crippen molar-refractivity contribution in [1.82, 2.24) is 9.55 Å². The lowest BCUT2D eigenvalue weighted by molar-refractivity contribution is -0.384. The fourth-order valence-electron chi connectivity index (χ4n) is 1.68. The van der Waals surface area contributed by atoms with Gasteiger partial charge in [0, 0.05) is 30.9 Å². The average Bonchev–Trinajstić information content (AvgIpc) is 2.79. The van der Waals surface area contributed by atoms with Gasteiger partial charge < -0.3 is 0 Å². The number of benzene rings is 1. The summed E-state index contributed by atoms with van der Waals surface area (Å²) in [7, 11) is 0. The van der Waals surface area contributed by atoms with Gasteiger partial charge >= 0.3 is 0 Å². The van der Waals surface area contributed by atoms with Crippen LogP contribution < -0.4 is 0 Å². The number of hydrogen-bond acceptors (Lipinski definition) is 3. The molecule has 94 valence electrons. The molecule has 0 bridgehead atoms. The van der Waals surface area contributed by atoms with Crippen molar-refractivity contribution in [3.8, 4) is 5.69 Å². The minimum atomic E-state index is -0.517. The van der Waals surface area contributed by atoms with Gasteiger partial charge in [-0.2, -0.15) is 0 Å². The topological polar surface area (TPSA) is 61.0 Å². The van der Waals surface area contributed by atoms with Crippen LogP contribution in [0.15, 0.2) is 24.5 Å². The molecule has 7 heteroatoms. The second kappa shape index (κ2) is 5.01. The molecule has 0 unspecified atom stereocenters. The molecule has 0 fully saturated rings. The van der Waals surface area contributed by atoms with Crippen LogP contribution in [0.3, 0.4) is 0 Å². The van der Waals surface area contributed by atoms with Crippen LogP contribution in [0.4, 0.5) is 10.1 Å². The summed E-state index contributed by atoms with van der Waals surface area (Å²) < 4.78 is 15.3. The van der Waals surface area contributed by atoms with Crippen LogP contribution in [0.25, 0.3) is 5.69 Å². The maximum Gasteiger partial charge on any atom is 0.294 e. The Morgan fingerprint density at radius 3 is 2.89 bits per heavy atom. The molecule has 1 heterocycles. The van der Waals surface area contributed by atoms with Crippen LogP contribution in [0, 0.1) is 19.5 Å². The molecule has 5 nitrogen and oxygen atoms in total. The van der Waals surface area contributed by atoms with Gasteiger partial charge in [-0.1, -0.05) is 6.92 Å². The third kappa shape index (κ3) is 2.22. The fourth-order valence-corrected chi connectivity index (χ4v) is 2.13. The van der Waals surface area contributed by atoms with Crippen LogP contribution in [0.5, 0.6) is 0 Å². The van der Waals surface area contributed by atoms with Crippen molar-refractivity contribution in [1.29, 1.82) is 0 Å². The Morgan fingerprint density at radius 2 is 2.28 bits per heavy atom. The molecule has 0 saturated carbocycles. The first kappa shape index (κ1) is 12.9. The normalized spacial score (nSPS) is 10.6. The van der Waals surface area contributed by atoms with E-state index < -0.39 is 10.7 Å². The number of hydrogen-bond donors (Lipinski definition) is 0. The summed E-state index contributed by atoms with van der Waals surface area (Å²) in [6.07, 6.45) is 3.74. The van der Waals surface area contributed by atoms with Crippen molar-refractivity contribution in [2.45, 2.75) is 13.3 Å². The molecule has 0 spiro atoms. The molecule has 1 aromatic carbocycles. The molecule has 1 aromatic heterocycles. The molecule has 0 N–H and O–H groups in total. The molecule has 0 aliphatic heterocycles. The number of nitrogens with zero attached hydrogens (tertiary/aromatic N) is 3. The van der Waals surface area contributed by atoms with Gasteiger partial charge in [-0.15, -0.1) is 0 Å². The molecule has 18 heavy (non-hydrogen) atoms. The Balaban J connectivity index is 2.70. The number of halogens is 2. The fraction of sp³-hybridized carbons (Fsp3) is 0.182. The van der Waals surface area contributed by atoms with E-state index in [0.29, 0.717) is 12.2 Å². The highest BCUT2D eigenvalue weighted by Gasteiger charge is 2.20. The van der Waals surface area contributed by atoms with E-state index in [9.17, 15) is 14.5 Å². The van der Waals surface area contributed by atoms with Gasteiger partial charge in [0.2, 0.25) is 0 Å². The summed E-state index contributed by atoms with van der Waals surface area (Å²) in [5.74, 6) is 0.172. The van der Waals surface area contributed by atoms with E-state index in [1.54, 1.807) is 35.0 Å². The van der Waals surface area contributed by atoms with Gasteiger partial charge in [0.15, 0.2) is 0 Å². The van der Waals surface area contributed by atoms with Crippen molar-refractivity contribution in [3.05, 3.63) is 49.9 Å². The molecule has 0 radical (unpaired) electrons. The van der Waals surface area contributed by atoms with Gasteiger partial charge in [0.1, 0.15) is 17.3 Å². The van der Waals surface area contributed by atoms with E-state index in [-0.39, 0.29) is 14.9 Å². The van der Waals surface area contributed by atoms with E-state index in [1.165, 1.54) is 16.7 Å². The largest absolute Gasteiger partial charge is 0.297 e. The summed E-state index contributed by atoms with van der Waals surface area (Å²) in [6, 6.07) is 2.39. The van der Waals surface area contributed by atoms with Crippen LogP contribution in [0.1, 0.15) is 12.7 Å². The molecular weight excluding hydrogens is 352 g/mol. The Bertz CT molecular complexity index is 612. The van der Waals surface area contributed by atoms with E-state index in [2.05, 4.69) is 4.98 Å². The maximum atomic E-state index is 13.6. The smallest absolute Gasteiger partial charge is 0.294 e. The molecule has 2 aromatic rings. The van der Waals surface area contributed by atoms with Crippen molar-refractivity contribution >= 4 is 28.3 Å². The average molecular weight is 361 g/mol. The zero-order chi connectivity index (χ0) is 13.3. The number of aromatic nitrogens is 2. The number of nitro groups is 1. The lowest BCUT2D eigenvalue weighted by atomic mass is 10.2. The van der Waals surface area contributed by atoms with E-state index in [0.717, 1.165) is 0 Å². The predicted octanol–water partition coefficient (Wildman–Crippen LogP) is 3.09. The van der Waals surface area contributed by atoms with Crippen LogP contribution in [-0.4, -0.2) is 14.5 Å². The highest BCUT2D eigenvalue weighted by Crippen LogP contribution is 2.28. The van der Waals surface area contributed by atoms with Gasteiger partial charge in [-0.3, -0.25) is 14.7 Å². The highest BCUT2D eigenvalue weighted by atomic mass is 127. The van der Waals surface area contributed by atoms with Gasteiger partial charge in [0.05, 0.1) is 8.49 Å². The third-order valence-electron chi connectivity index (χ3n) is 2.51. The summed E-state index contributed by atoms with van der Waals surface area (Å²) in [5, 5.41) is 11.0. The Hall–Kier alpha value is -1.51. The first-order chi connectivity index (χ1) is 8.54. The SMILES string of the molecule is CCc1nccn1-c1cc(F)c(I)cc1[N+](=O)[O-]. The molecule has 2 rings (SSSR count). The summed E-state index contributed by atoms with van der Waals surface area (Å²) >= 11 is 1.73. The van der Waals surface area contributed by atoms with Crippen molar-refractivity contribution in [2.75, 3.05) is 0 Å². The maximum absolute atomic E-state index is 13.6. The van der Waals surface area contributed by atoms with Crippen molar-refractivity contribution in [3.63, 3.8) is 0 Å². The predicted molar refractivity (Wildman–Crippen MR) is 72.3 cm³/mol. The Labute approximate surface area is 116 Å². The van der Waals surface area contributed by atoms with Crippen LogP contribution >= 0.6 is 22.6 Å². The standard InChI is InChI=1S/C11H9FIN3O2/c1-2-11-14-3-4-15(11)9-5-7(12)8(13)6-10(9)16(17)18/h3-6H,2H2,1H3. The summed E-state index contributed by atoms with van der Waals surface area (Å²) in [5.41, 5.74) is 0.0702. The highest BCUT2D eigenvalue weighted by molar-refractivity contribution is 14.1. The van der Waals surface area contributed by atoms with Gasteiger partial charge in [0.25, 0.3) is 5.69 Å². The zero-order valence-electron chi connectivity index (χ0n) is 9.43. The van der Waals surface area contributed by atoms with Crippen molar-refractivity contribution < 1.29 is 9.31 Å². The lowest BCUT2D eigenvalue weighted by Gasteiger charge is -2.08. The molecule has 0 saturated heterocycles. The second-order valence-corrected chi connectivity index (χ2v) is 4.74. The quantitative estimate of drug-likeness (QED) is 0.480. The van der Waals surface area contributed by atoms with Gasteiger partial charge in [-0.25, -0.2) is 9.37 Å². The summed E-state index contributed by atoms with van der Waals surface area (Å²) in [6.45, 7) is 1.88. The van der Waals surface area contributed by atoms with E-state index >= 15 is 0 Å². The van der Waals surface area contributed by atoms with E-state index in [4.69, 9.17) is 0 Å². The lowest BCUT2D eigenvalue weighted by Crippen LogP contribution is -2.04. The first-order valence-electron chi connectivity index (χ1n) is 5.20. The molecule has 0 amide bonds. The van der Waals surface area contributed by atoms with Crippen LogP contribution in [-0.2, 0) is 6.42 Å². The van der Waals surface area contributed by atoms with Crippen molar-refractivity contribution in [2.24, 2.45) is 0 Å². The molecule has 0 aliphatic rings. The van der Waals surface area contributed by atoms with E-state index in [1.807, 2.05) is 6.92 Å². The second-order valence-electron chi connectivity index (χ2n) is 3.58. The zero-order valence-corrected chi connectivity index (χ0v) is 11.6. The Kier molecular flexibility index (Phi) is 3.60. The molecular formula is C11H9FIN3O2. The number of aryl methyl sites for hydroxylation is 1. The number of rotatable bonds is 3. The monoisotopic (exact) mass is 361 g/mol. The summed E-state index contributed by atoms with van der Waals surface area (Å²) in [4.78, 5) is 14.6. The van der Waals surface area contributed by atoms with Crippen LogP contribution in [0.2, 0.25) is 0 Å². The molecule has 0 atom stereocenters. The number of nitro benzene ring substituents is 1. The third-order valence-corrected chi connectivity index (χ3v) is 3.33. The number of imidazole rings is 1.